The Labute approximate surface area is 101 Å². The minimum absolute atomic E-state index is 0.285. The number of rotatable bonds is 4. The second-order valence-corrected chi connectivity index (χ2v) is 4.27. The van der Waals surface area contributed by atoms with Crippen LogP contribution in [0, 0.1) is 5.82 Å². The summed E-state index contributed by atoms with van der Waals surface area (Å²) in [5.74, 6) is 0.536. The zero-order valence-corrected chi connectivity index (χ0v) is 10.5. The van der Waals surface area contributed by atoms with Crippen LogP contribution in [0.25, 0.3) is 11.0 Å². The van der Waals surface area contributed by atoms with Crippen molar-refractivity contribution in [1.29, 1.82) is 0 Å². The first-order chi connectivity index (χ1) is 7.70. The standard InChI is InChI=1S/C11H12BrFN2O/c1-2-16-4-3-11-14-9-5-7(12)8(13)6-10(9)15-11/h5-6H,2-4H2,1H3,(H,14,15). The first kappa shape index (κ1) is 11.5. The van der Waals surface area contributed by atoms with Crippen molar-refractivity contribution in [1.82, 2.24) is 9.97 Å². The van der Waals surface area contributed by atoms with E-state index in [0.29, 0.717) is 29.6 Å². The van der Waals surface area contributed by atoms with Gasteiger partial charge in [0.2, 0.25) is 0 Å². The number of benzene rings is 1. The Morgan fingerprint density at radius 3 is 3.06 bits per heavy atom. The highest BCUT2D eigenvalue weighted by molar-refractivity contribution is 9.10. The highest BCUT2D eigenvalue weighted by Crippen LogP contribution is 2.21. The Bertz CT molecular complexity index is 459. The maximum atomic E-state index is 13.2. The first-order valence-electron chi connectivity index (χ1n) is 5.12. The second kappa shape index (κ2) is 4.93. The average molecular weight is 287 g/mol. The topological polar surface area (TPSA) is 37.9 Å². The molecule has 1 aromatic carbocycles. The van der Waals surface area contributed by atoms with Gasteiger partial charge in [-0.2, -0.15) is 0 Å². The molecule has 2 aromatic rings. The molecular weight excluding hydrogens is 275 g/mol. The molecule has 0 aliphatic heterocycles. The van der Waals surface area contributed by atoms with Gasteiger partial charge in [0.25, 0.3) is 0 Å². The van der Waals surface area contributed by atoms with Gasteiger partial charge >= 0.3 is 0 Å². The van der Waals surface area contributed by atoms with E-state index in [2.05, 4.69) is 25.9 Å². The zero-order chi connectivity index (χ0) is 11.5. The van der Waals surface area contributed by atoms with Gasteiger partial charge in [0.05, 0.1) is 22.1 Å². The van der Waals surface area contributed by atoms with Gasteiger partial charge in [-0.15, -0.1) is 0 Å². The molecule has 0 spiro atoms. The van der Waals surface area contributed by atoms with Crippen LogP contribution in [0.3, 0.4) is 0 Å². The van der Waals surface area contributed by atoms with Crippen molar-refractivity contribution in [2.75, 3.05) is 13.2 Å². The number of nitrogens with one attached hydrogen (secondary N) is 1. The van der Waals surface area contributed by atoms with Crippen LogP contribution in [0.4, 0.5) is 4.39 Å². The van der Waals surface area contributed by atoms with E-state index in [1.807, 2.05) is 6.92 Å². The van der Waals surface area contributed by atoms with Gasteiger partial charge < -0.3 is 9.72 Å². The van der Waals surface area contributed by atoms with Crippen LogP contribution in [-0.4, -0.2) is 23.2 Å². The van der Waals surface area contributed by atoms with Gasteiger partial charge in [0.15, 0.2) is 0 Å². The van der Waals surface area contributed by atoms with Crippen LogP contribution in [0.1, 0.15) is 12.7 Å². The van der Waals surface area contributed by atoms with Gasteiger partial charge in [0, 0.05) is 19.1 Å². The van der Waals surface area contributed by atoms with Gasteiger partial charge in [0.1, 0.15) is 11.6 Å². The lowest BCUT2D eigenvalue weighted by atomic mass is 10.3. The number of nitrogens with zero attached hydrogens (tertiary/aromatic N) is 1. The Morgan fingerprint density at radius 1 is 1.50 bits per heavy atom. The van der Waals surface area contributed by atoms with Gasteiger partial charge in [-0.05, 0) is 28.9 Å². The van der Waals surface area contributed by atoms with E-state index >= 15 is 0 Å². The molecular formula is C11H12BrFN2O. The molecule has 0 bridgehead atoms. The van der Waals surface area contributed by atoms with Crippen molar-refractivity contribution in [2.24, 2.45) is 0 Å². The van der Waals surface area contributed by atoms with E-state index in [0.717, 1.165) is 11.3 Å². The normalized spacial score (nSPS) is 11.2. The van der Waals surface area contributed by atoms with E-state index in [4.69, 9.17) is 4.74 Å². The second-order valence-electron chi connectivity index (χ2n) is 3.41. The molecule has 5 heteroatoms. The lowest BCUT2D eigenvalue weighted by Crippen LogP contribution is -1.99. The van der Waals surface area contributed by atoms with E-state index in [9.17, 15) is 4.39 Å². The first-order valence-corrected chi connectivity index (χ1v) is 5.91. The maximum Gasteiger partial charge on any atom is 0.139 e. The summed E-state index contributed by atoms with van der Waals surface area (Å²) in [5, 5.41) is 0. The van der Waals surface area contributed by atoms with Crippen molar-refractivity contribution in [3.63, 3.8) is 0 Å². The number of hydrogen-bond acceptors (Lipinski definition) is 2. The highest BCUT2D eigenvalue weighted by atomic mass is 79.9. The van der Waals surface area contributed by atoms with E-state index in [1.54, 1.807) is 6.07 Å². The van der Waals surface area contributed by atoms with E-state index < -0.39 is 0 Å². The lowest BCUT2D eigenvalue weighted by molar-refractivity contribution is 0.149. The van der Waals surface area contributed by atoms with E-state index in [1.165, 1.54) is 6.07 Å². The molecule has 0 saturated heterocycles. The fraction of sp³-hybridized carbons (Fsp3) is 0.364. The molecule has 0 amide bonds. The SMILES string of the molecule is CCOCCc1nc2cc(Br)c(F)cc2[nH]1. The Hall–Kier alpha value is -0.940. The molecule has 0 radical (unpaired) electrons. The van der Waals surface area contributed by atoms with Crippen LogP contribution < -0.4 is 0 Å². The Morgan fingerprint density at radius 2 is 2.31 bits per heavy atom. The molecule has 1 heterocycles. The fourth-order valence-corrected chi connectivity index (χ4v) is 1.82. The predicted octanol–water partition coefficient (Wildman–Crippen LogP) is 3.04. The van der Waals surface area contributed by atoms with Crippen LogP contribution in [0.5, 0.6) is 0 Å². The van der Waals surface area contributed by atoms with Gasteiger partial charge in [-0.1, -0.05) is 0 Å². The van der Waals surface area contributed by atoms with Crippen LogP contribution in [0.15, 0.2) is 16.6 Å². The molecule has 86 valence electrons. The predicted molar refractivity (Wildman–Crippen MR) is 63.9 cm³/mol. The number of H-pyrrole nitrogens is 1. The molecule has 0 fully saturated rings. The third-order valence-corrected chi connectivity index (χ3v) is 2.87. The smallest absolute Gasteiger partial charge is 0.139 e. The third kappa shape index (κ3) is 2.41. The summed E-state index contributed by atoms with van der Waals surface area (Å²) in [7, 11) is 0. The molecule has 0 saturated carbocycles. The number of ether oxygens (including phenoxy) is 1. The monoisotopic (exact) mass is 286 g/mol. The lowest BCUT2D eigenvalue weighted by Gasteiger charge is -1.96. The van der Waals surface area contributed by atoms with Crippen LogP contribution >= 0.6 is 15.9 Å². The molecule has 0 unspecified atom stereocenters. The molecule has 16 heavy (non-hydrogen) atoms. The molecule has 0 aliphatic carbocycles. The fourth-order valence-electron chi connectivity index (χ4n) is 1.49. The van der Waals surface area contributed by atoms with E-state index in [-0.39, 0.29) is 5.82 Å². The third-order valence-electron chi connectivity index (χ3n) is 2.26. The van der Waals surface area contributed by atoms with Crippen molar-refractivity contribution in [2.45, 2.75) is 13.3 Å². The van der Waals surface area contributed by atoms with Crippen molar-refractivity contribution >= 4 is 27.0 Å². The maximum absolute atomic E-state index is 13.2. The molecule has 1 aromatic heterocycles. The number of imidazole rings is 1. The number of halogens is 2. The summed E-state index contributed by atoms with van der Waals surface area (Å²) >= 11 is 3.14. The molecule has 1 N–H and O–H groups in total. The molecule has 3 nitrogen and oxygen atoms in total. The summed E-state index contributed by atoms with van der Waals surface area (Å²) in [6.45, 7) is 3.27. The van der Waals surface area contributed by atoms with Gasteiger partial charge in [-0.3, -0.25) is 0 Å². The molecule has 2 rings (SSSR count). The minimum Gasteiger partial charge on any atom is -0.381 e. The summed E-state index contributed by atoms with van der Waals surface area (Å²) in [6, 6.07) is 3.11. The highest BCUT2D eigenvalue weighted by Gasteiger charge is 2.06. The number of hydrogen-bond donors (Lipinski definition) is 1. The Balaban J connectivity index is 2.23. The average Bonchev–Trinajstić information content (AvgIpc) is 2.61. The van der Waals surface area contributed by atoms with Gasteiger partial charge in [-0.25, -0.2) is 9.37 Å². The summed E-state index contributed by atoms with van der Waals surface area (Å²) < 4.78 is 18.9. The number of fused-ring (bicyclic) bond motifs is 1. The zero-order valence-electron chi connectivity index (χ0n) is 8.89. The quantitative estimate of drug-likeness (QED) is 0.878. The number of aromatic amines is 1. The number of aromatic nitrogens is 2. The van der Waals surface area contributed by atoms with Crippen molar-refractivity contribution in [3.05, 3.63) is 28.2 Å². The molecule has 0 atom stereocenters. The minimum atomic E-state index is -0.285. The molecule has 0 aliphatic rings. The summed E-state index contributed by atoms with van der Waals surface area (Å²) in [6.07, 6.45) is 0.710. The van der Waals surface area contributed by atoms with Crippen LogP contribution in [-0.2, 0) is 11.2 Å². The Kier molecular flexibility index (Phi) is 3.56. The van der Waals surface area contributed by atoms with Crippen molar-refractivity contribution < 1.29 is 9.13 Å². The largest absolute Gasteiger partial charge is 0.381 e. The van der Waals surface area contributed by atoms with Crippen LogP contribution in [0.2, 0.25) is 0 Å². The summed E-state index contributed by atoms with van der Waals surface area (Å²) in [4.78, 5) is 7.42. The van der Waals surface area contributed by atoms with Crippen molar-refractivity contribution in [3.8, 4) is 0 Å². The summed E-state index contributed by atoms with van der Waals surface area (Å²) in [5.41, 5.74) is 1.48.